The monoisotopic (exact) mass is 448 g/mol. The fourth-order valence-corrected chi connectivity index (χ4v) is 4.78. The van der Waals surface area contributed by atoms with Gasteiger partial charge in [-0.25, -0.2) is 4.98 Å². The Morgan fingerprint density at radius 1 is 1.03 bits per heavy atom. The number of carbonyl (C=O) groups is 1. The first kappa shape index (κ1) is 19.9. The number of hydrogen-bond acceptors (Lipinski definition) is 6. The Kier molecular flexibility index (Phi) is 5.50. The lowest BCUT2D eigenvalue weighted by atomic mass is 10.1. The molecule has 2 N–H and O–H groups in total. The largest absolute Gasteiger partial charge is 0.378 e. The van der Waals surface area contributed by atoms with Gasteiger partial charge in [0, 0.05) is 24.3 Å². The Morgan fingerprint density at radius 2 is 1.84 bits per heavy atom. The molecule has 1 saturated heterocycles. The smallest absolute Gasteiger partial charge is 0.257 e. The van der Waals surface area contributed by atoms with Crippen molar-refractivity contribution in [2.24, 2.45) is 0 Å². The van der Waals surface area contributed by atoms with Crippen molar-refractivity contribution in [1.82, 2.24) is 10.3 Å². The number of hydrogen-bond donors (Lipinski definition) is 2. The van der Waals surface area contributed by atoms with Gasteiger partial charge in [0.15, 0.2) is 10.2 Å². The van der Waals surface area contributed by atoms with E-state index in [2.05, 4.69) is 32.7 Å². The SMILES string of the molecule is O=C(NC(=S)Nc1nc2ccc(N3CCOCC3)cc2s1)c1ccc2ccccc2c1. The van der Waals surface area contributed by atoms with Crippen LogP contribution < -0.4 is 15.5 Å². The molecule has 1 aliphatic rings. The molecule has 0 radical (unpaired) electrons. The molecule has 3 aromatic carbocycles. The summed E-state index contributed by atoms with van der Waals surface area (Å²) < 4.78 is 6.50. The molecule has 0 aliphatic carbocycles. The highest BCUT2D eigenvalue weighted by atomic mass is 32.1. The van der Waals surface area contributed by atoms with Crippen molar-refractivity contribution in [3.63, 3.8) is 0 Å². The van der Waals surface area contributed by atoms with Crippen molar-refractivity contribution in [1.29, 1.82) is 0 Å². The molecule has 1 aromatic heterocycles. The number of fused-ring (bicyclic) bond motifs is 2. The summed E-state index contributed by atoms with van der Waals surface area (Å²) in [7, 11) is 0. The minimum absolute atomic E-state index is 0.227. The maximum Gasteiger partial charge on any atom is 0.257 e. The van der Waals surface area contributed by atoms with Gasteiger partial charge in [-0.05, 0) is 53.3 Å². The quantitative estimate of drug-likeness (QED) is 0.453. The van der Waals surface area contributed by atoms with Crippen LogP contribution in [-0.2, 0) is 4.74 Å². The number of nitrogens with zero attached hydrogens (tertiary/aromatic N) is 2. The Morgan fingerprint density at radius 3 is 2.68 bits per heavy atom. The minimum Gasteiger partial charge on any atom is -0.378 e. The molecule has 0 unspecified atom stereocenters. The number of nitrogens with one attached hydrogen (secondary N) is 2. The number of amides is 1. The molecule has 2 heterocycles. The van der Waals surface area contributed by atoms with Crippen LogP contribution in [0, 0.1) is 0 Å². The van der Waals surface area contributed by atoms with E-state index in [1.54, 1.807) is 6.07 Å². The van der Waals surface area contributed by atoms with E-state index in [1.807, 2.05) is 42.5 Å². The lowest BCUT2D eigenvalue weighted by molar-refractivity contribution is 0.0978. The summed E-state index contributed by atoms with van der Waals surface area (Å²) in [6.45, 7) is 3.28. The maximum absolute atomic E-state index is 12.6. The molecule has 4 aromatic rings. The molecule has 0 spiro atoms. The molecule has 0 bridgehead atoms. The summed E-state index contributed by atoms with van der Waals surface area (Å²) in [6, 6.07) is 19.7. The van der Waals surface area contributed by atoms with E-state index in [9.17, 15) is 4.79 Å². The average molecular weight is 449 g/mol. The molecule has 0 atom stereocenters. The number of benzene rings is 3. The molecular weight excluding hydrogens is 428 g/mol. The molecule has 1 amide bonds. The van der Waals surface area contributed by atoms with Crippen LogP contribution in [0.1, 0.15) is 10.4 Å². The number of thiazole rings is 1. The second kappa shape index (κ2) is 8.58. The van der Waals surface area contributed by atoms with E-state index in [4.69, 9.17) is 17.0 Å². The van der Waals surface area contributed by atoms with Gasteiger partial charge >= 0.3 is 0 Å². The fourth-order valence-electron chi connectivity index (χ4n) is 3.62. The van der Waals surface area contributed by atoms with Crippen molar-refractivity contribution in [2.45, 2.75) is 0 Å². The van der Waals surface area contributed by atoms with Crippen LogP contribution in [0.2, 0.25) is 0 Å². The Bertz CT molecular complexity index is 1280. The highest BCUT2D eigenvalue weighted by molar-refractivity contribution is 7.80. The number of ether oxygens (including phenoxy) is 1. The summed E-state index contributed by atoms with van der Waals surface area (Å²) in [5.74, 6) is -0.251. The standard InChI is InChI=1S/C23H20N4O2S2/c28-21(17-6-5-15-3-1-2-4-16(15)13-17)25-22(30)26-23-24-19-8-7-18(14-20(19)31-23)27-9-11-29-12-10-27/h1-8,13-14H,9-12H2,(H2,24,25,26,28,30). The zero-order valence-electron chi connectivity index (χ0n) is 16.6. The topological polar surface area (TPSA) is 66.5 Å². The van der Waals surface area contributed by atoms with E-state index in [0.717, 1.165) is 53.0 Å². The zero-order chi connectivity index (χ0) is 21.2. The Hall–Kier alpha value is -3.07. The minimum atomic E-state index is -0.251. The molecular formula is C23H20N4O2S2. The number of rotatable bonds is 3. The van der Waals surface area contributed by atoms with Crippen molar-refractivity contribution in [3.8, 4) is 0 Å². The van der Waals surface area contributed by atoms with Gasteiger partial charge in [0.2, 0.25) is 0 Å². The third-order valence-electron chi connectivity index (χ3n) is 5.21. The van der Waals surface area contributed by atoms with Crippen molar-refractivity contribution < 1.29 is 9.53 Å². The van der Waals surface area contributed by atoms with Crippen LogP contribution in [0.4, 0.5) is 10.8 Å². The molecule has 5 rings (SSSR count). The van der Waals surface area contributed by atoms with E-state index in [0.29, 0.717) is 10.7 Å². The van der Waals surface area contributed by atoms with Crippen LogP contribution in [-0.4, -0.2) is 42.3 Å². The van der Waals surface area contributed by atoms with Crippen molar-refractivity contribution in [2.75, 3.05) is 36.5 Å². The van der Waals surface area contributed by atoms with Gasteiger partial charge in [-0.15, -0.1) is 0 Å². The first-order chi connectivity index (χ1) is 15.2. The molecule has 1 aliphatic heterocycles. The van der Waals surface area contributed by atoms with Crippen LogP contribution >= 0.6 is 23.6 Å². The molecule has 0 saturated carbocycles. The van der Waals surface area contributed by atoms with E-state index < -0.39 is 0 Å². The highest BCUT2D eigenvalue weighted by Gasteiger charge is 2.14. The number of morpholine rings is 1. The molecule has 31 heavy (non-hydrogen) atoms. The second-order valence-corrected chi connectivity index (χ2v) is 8.68. The van der Waals surface area contributed by atoms with E-state index in [1.165, 1.54) is 11.3 Å². The van der Waals surface area contributed by atoms with Gasteiger partial charge in [0.25, 0.3) is 5.91 Å². The van der Waals surface area contributed by atoms with Gasteiger partial charge in [0.05, 0.1) is 23.4 Å². The third-order valence-corrected chi connectivity index (χ3v) is 6.35. The average Bonchev–Trinajstić information content (AvgIpc) is 3.20. The lowest BCUT2D eigenvalue weighted by Crippen LogP contribution is -2.36. The predicted octanol–water partition coefficient (Wildman–Crippen LogP) is 4.41. The number of thiocarbonyl (C=S) groups is 1. The maximum atomic E-state index is 12.6. The summed E-state index contributed by atoms with van der Waals surface area (Å²) in [4.78, 5) is 19.5. The fraction of sp³-hybridized carbons (Fsp3) is 0.174. The van der Waals surface area contributed by atoms with Crippen molar-refractivity contribution >= 4 is 66.4 Å². The molecule has 156 valence electrons. The Labute approximate surface area is 188 Å². The number of carbonyl (C=O) groups excluding carboxylic acids is 1. The van der Waals surface area contributed by atoms with Gasteiger partial charge < -0.3 is 15.0 Å². The lowest BCUT2D eigenvalue weighted by Gasteiger charge is -2.28. The second-order valence-electron chi connectivity index (χ2n) is 7.24. The first-order valence-corrected chi connectivity index (χ1v) is 11.2. The van der Waals surface area contributed by atoms with Gasteiger partial charge in [-0.2, -0.15) is 0 Å². The first-order valence-electron chi connectivity index (χ1n) is 10.0. The van der Waals surface area contributed by atoms with Crippen LogP contribution in [0.25, 0.3) is 21.0 Å². The van der Waals surface area contributed by atoms with E-state index in [-0.39, 0.29) is 11.0 Å². The van der Waals surface area contributed by atoms with E-state index >= 15 is 0 Å². The highest BCUT2D eigenvalue weighted by Crippen LogP contribution is 2.30. The van der Waals surface area contributed by atoms with Gasteiger partial charge in [-0.3, -0.25) is 10.1 Å². The van der Waals surface area contributed by atoms with Crippen LogP contribution in [0.15, 0.2) is 60.7 Å². The van der Waals surface area contributed by atoms with Gasteiger partial charge in [0.1, 0.15) is 0 Å². The molecule has 1 fully saturated rings. The van der Waals surface area contributed by atoms with Crippen LogP contribution in [0.5, 0.6) is 0 Å². The number of aromatic nitrogens is 1. The summed E-state index contributed by atoms with van der Waals surface area (Å²) in [5.41, 5.74) is 2.62. The van der Waals surface area contributed by atoms with Crippen molar-refractivity contribution in [3.05, 3.63) is 66.2 Å². The normalized spacial score (nSPS) is 14.0. The Balaban J connectivity index is 1.27. The summed E-state index contributed by atoms with van der Waals surface area (Å²) in [6.07, 6.45) is 0. The molecule has 8 heteroatoms. The zero-order valence-corrected chi connectivity index (χ0v) is 18.3. The predicted molar refractivity (Wildman–Crippen MR) is 130 cm³/mol. The van der Waals surface area contributed by atoms with Gasteiger partial charge in [-0.1, -0.05) is 41.7 Å². The van der Waals surface area contributed by atoms with Crippen LogP contribution in [0.3, 0.4) is 0 Å². The summed E-state index contributed by atoms with van der Waals surface area (Å²) >= 11 is 6.85. The number of anilines is 2. The third kappa shape index (κ3) is 4.36. The molecule has 6 nitrogen and oxygen atoms in total. The summed E-state index contributed by atoms with van der Waals surface area (Å²) in [5, 5.41) is 8.76.